The van der Waals surface area contributed by atoms with Crippen molar-refractivity contribution < 1.29 is 14.8 Å². The quantitative estimate of drug-likeness (QED) is 0.499. The normalized spacial score (nSPS) is 11.0. The van der Waals surface area contributed by atoms with Crippen molar-refractivity contribution >= 4 is 34.1 Å². The number of aromatic carboxylic acids is 1. The van der Waals surface area contributed by atoms with Crippen LogP contribution < -0.4 is 5.43 Å². The number of nitrogens with one attached hydrogen (secondary N) is 1. The molecule has 0 radical (unpaired) electrons. The molecule has 0 spiro atoms. The third kappa shape index (κ3) is 3.58. The minimum Gasteiger partial charge on any atom is -0.478 e. The number of non-ortho nitro benzene ring substituents is 1. The van der Waals surface area contributed by atoms with E-state index in [-0.39, 0.29) is 22.1 Å². The first kappa shape index (κ1) is 15.5. The summed E-state index contributed by atoms with van der Waals surface area (Å²) < 4.78 is 0. The second-order valence-electron chi connectivity index (χ2n) is 4.17. The summed E-state index contributed by atoms with van der Waals surface area (Å²) >= 11 is 5.99. The minimum absolute atomic E-state index is 0.0510. The van der Waals surface area contributed by atoms with Crippen molar-refractivity contribution in [1.29, 1.82) is 0 Å². The first-order valence-electron chi connectivity index (χ1n) is 6.05. The second-order valence-corrected chi connectivity index (χ2v) is 4.53. The molecule has 7 nitrogen and oxygen atoms in total. The lowest BCUT2D eigenvalue weighted by molar-refractivity contribution is -0.384. The maximum atomic E-state index is 11.1. The molecule has 0 amide bonds. The maximum Gasteiger partial charge on any atom is 0.337 e. The van der Waals surface area contributed by atoms with E-state index in [2.05, 4.69) is 10.5 Å². The first-order chi connectivity index (χ1) is 10.5. The van der Waals surface area contributed by atoms with Crippen LogP contribution in [0.4, 0.5) is 11.4 Å². The predicted octanol–water partition coefficient (Wildman–Crippen LogP) is 3.31. The molecule has 0 aliphatic heterocycles. The fourth-order valence-electron chi connectivity index (χ4n) is 1.66. The summed E-state index contributed by atoms with van der Waals surface area (Å²) in [6, 6.07) is 11.7. The fraction of sp³-hybridized carbons (Fsp3) is 0. The first-order valence-corrected chi connectivity index (χ1v) is 6.43. The Balaban J connectivity index is 2.19. The van der Waals surface area contributed by atoms with Gasteiger partial charge in [0, 0.05) is 17.7 Å². The molecule has 0 saturated heterocycles. The predicted molar refractivity (Wildman–Crippen MR) is 82.5 cm³/mol. The van der Waals surface area contributed by atoms with Gasteiger partial charge in [0.1, 0.15) is 0 Å². The molecule has 2 aromatic rings. The van der Waals surface area contributed by atoms with Crippen LogP contribution in [0.1, 0.15) is 15.9 Å². The van der Waals surface area contributed by atoms with Gasteiger partial charge in [-0.2, -0.15) is 5.10 Å². The summed E-state index contributed by atoms with van der Waals surface area (Å²) in [6.45, 7) is 0. The largest absolute Gasteiger partial charge is 0.478 e. The van der Waals surface area contributed by atoms with Crippen LogP contribution in [0.5, 0.6) is 0 Å². The number of carboxylic acid groups (broad SMARTS) is 1. The van der Waals surface area contributed by atoms with Gasteiger partial charge >= 0.3 is 5.97 Å². The lowest BCUT2D eigenvalue weighted by Crippen LogP contribution is -2.03. The number of hydrogen-bond donors (Lipinski definition) is 2. The average molecular weight is 320 g/mol. The Morgan fingerprint density at radius 3 is 2.41 bits per heavy atom. The van der Waals surface area contributed by atoms with Gasteiger partial charge in [-0.15, -0.1) is 0 Å². The number of nitrogens with zero attached hydrogens (tertiary/aromatic N) is 2. The Morgan fingerprint density at radius 1 is 1.18 bits per heavy atom. The van der Waals surface area contributed by atoms with E-state index in [1.165, 1.54) is 30.3 Å². The molecule has 112 valence electrons. The SMILES string of the molecule is O=C(O)c1ccccc1N/N=C(\Cl)c1ccc([N+](=O)[O-])cc1. The molecular formula is C14H10ClN3O4. The number of rotatable bonds is 5. The number of halogens is 1. The van der Waals surface area contributed by atoms with E-state index in [0.29, 0.717) is 5.56 Å². The fourth-order valence-corrected chi connectivity index (χ4v) is 1.83. The summed E-state index contributed by atoms with van der Waals surface area (Å²) in [7, 11) is 0. The number of para-hydroxylation sites is 1. The molecule has 0 heterocycles. The van der Waals surface area contributed by atoms with Gasteiger partial charge in [0.25, 0.3) is 5.69 Å². The zero-order valence-corrected chi connectivity index (χ0v) is 11.8. The van der Waals surface area contributed by atoms with Crippen molar-refractivity contribution in [2.75, 3.05) is 5.43 Å². The van der Waals surface area contributed by atoms with Crippen molar-refractivity contribution in [3.05, 3.63) is 69.8 Å². The van der Waals surface area contributed by atoms with Gasteiger partial charge in [0.15, 0.2) is 5.17 Å². The summed E-state index contributed by atoms with van der Waals surface area (Å²) in [6.07, 6.45) is 0. The van der Waals surface area contributed by atoms with Crippen LogP contribution in [0.2, 0.25) is 0 Å². The van der Waals surface area contributed by atoms with Crippen molar-refractivity contribution in [1.82, 2.24) is 0 Å². The third-order valence-corrected chi connectivity index (χ3v) is 3.05. The monoisotopic (exact) mass is 319 g/mol. The van der Waals surface area contributed by atoms with E-state index in [1.807, 2.05) is 0 Å². The van der Waals surface area contributed by atoms with E-state index in [1.54, 1.807) is 18.2 Å². The van der Waals surface area contributed by atoms with E-state index >= 15 is 0 Å². The number of hydrogen-bond acceptors (Lipinski definition) is 5. The smallest absolute Gasteiger partial charge is 0.337 e. The summed E-state index contributed by atoms with van der Waals surface area (Å²) in [4.78, 5) is 21.1. The molecule has 2 rings (SSSR count). The van der Waals surface area contributed by atoms with Gasteiger partial charge in [0.05, 0.1) is 16.2 Å². The van der Waals surface area contributed by atoms with Crippen molar-refractivity contribution in [3.8, 4) is 0 Å². The van der Waals surface area contributed by atoms with Crippen LogP contribution in [-0.4, -0.2) is 21.2 Å². The van der Waals surface area contributed by atoms with Gasteiger partial charge in [-0.3, -0.25) is 15.5 Å². The molecule has 0 bridgehead atoms. The number of benzene rings is 2. The van der Waals surface area contributed by atoms with Crippen LogP contribution in [0, 0.1) is 10.1 Å². The van der Waals surface area contributed by atoms with Gasteiger partial charge in [-0.1, -0.05) is 23.7 Å². The van der Waals surface area contributed by atoms with Gasteiger partial charge in [0.2, 0.25) is 0 Å². The van der Waals surface area contributed by atoms with E-state index in [9.17, 15) is 14.9 Å². The van der Waals surface area contributed by atoms with E-state index in [0.717, 1.165) is 0 Å². The molecule has 0 aliphatic carbocycles. The molecular weight excluding hydrogens is 310 g/mol. The number of nitro groups is 1. The molecule has 0 aliphatic rings. The molecule has 0 aromatic heterocycles. The topological polar surface area (TPSA) is 105 Å². The minimum atomic E-state index is -1.09. The summed E-state index contributed by atoms with van der Waals surface area (Å²) in [5, 5.41) is 23.5. The van der Waals surface area contributed by atoms with Crippen LogP contribution in [0.25, 0.3) is 0 Å². The number of carbonyl (C=O) groups is 1. The highest BCUT2D eigenvalue weighted by molar-refractivity contribution is 6.69. The molecule has 2 aromatic carbocycles. The Labute approximate surface area is 130 Å². The zero-order chi connectivity index (χ0) is 16.1. The number of anilines is 1. The van der Waals surface area contributed by atoms with E-state index < -0.39 is 10.9 Å². The average Bonchev–Trinajstić information content (AvgIpc) is 2.52. The zero-order valence-electron chi connectivity index (χ0n) is 11.1. The molecule has 8 heteroatoms. The third-order valence-electron chi connectivity index (χ3n) is 2.75. The van der Waals surface area contributed by atoms with Gasteiger partial charge in [-0.25, -0.2) is 4.79 Å². The van der Waals surface area contributed by atoms with Crippen molar-refractivity contribution in [3.63, 3.8) is 0 Å². The maximum absolute atomic E-state index is 11.1. The second kappa shape index (κ2) is 6.68. The Kier molecular flexibility index (Phi) is 4.70. The van der Waals surface area contributed by atoms with Crippen molar-refractivity contribution in [2.45, 2.75) is 0 Å². The van der Waals surface area contributed by atoms with Gasteiger partial charge in [-0.05, 0) is 24.3 Å². The van der Waals surface area contributed by atoms with E-state index in [4.69, 9.17) is 16.7 Å². The number of hydrazone groups is 1. The molecule has 0 saturated carbocycles. The Morgan fingerprint density at radius 2 is 1.82 bits per heavy atom. The van der Waals surface area contributed by atoms with Crippen LogP contribution in [-0.2, 0) is 0 Å². The van der Waals surface area contributed by atoms with Crippen molar-refractivity contribution in [2.24, 2.45) is 5.10 Å². The Hall–Kier alpha value is -2.93. The van der Waals surface area contributed by atoms with Gasteiger partial charge < -0.3 is 5.11 Å². The highest BCUT2D eigenvalue weighted by Gasteiger charge is 2.09. The summed E-state index contributed by atoms with van der Waals surface area (Å²) in [5.41, 5.74) is 3.32. The molecule has 0 fully saturated rings. The molecule has 2 N–H and O–H groups in total. The Bertz CT molecular complexity index is 744. The van der Waals surface area contributed by atoms with Crippen LogP contribution >= 0.6 is 11.6 Å². The van der Waals surface area contributed by atoms with Crippen LogP contribution in [0.3, 0.4) is 0 Å². The molecule has 0 unspecified atom stereocenters. The molecule has 22 heavy (non-hydrogen) atoms. The highest BCUT2D eigenvalue weighted by atomic mass is 35.5. The standard InChI is InChI=1S/C14H10ClN3O4/c15-13(9-5-7-10(8-6-9)18(21)22)17-16-12-4-2-1-3-11(12)14(19)20/h1-8,16H,(H,19,20)/b17-13-. The lowest BCUT2D eigenvalue weighted by atomic mass is 10.2. The number of nitro benzene ring substituents is 1. The molecule has 0 atom stereocenters. The number of carboxylic acids is 1. The summed E-state index contributed by atoms with van der Waals surface area (Å²) in [5.74, 6) is -1.09. The lowest BCUT2D eigenvalue weighted by Gasteiger charge is -2.05. The highest BCUT2D eigenvalue weighted by Crippen LogP contribution is 2.17. The van der Waals surface area contributed by atoms with Crippen LogP contribution in [0.15, 0.2) is 53.6 Å².